The minimum absolute atomic E-state index is 0.141. The van der Waals surface area contributed by atoms with Crippen LogP contribution in [0.2, 0.25) is 0 Å². The van der Waals surface area contributed by atoms with E-state index in [0.29, 0.717) is 17.3 Å². The van der Waals surface area contributed by atoms with Gasteiger partial charge in [-0.25, -0.2) is 4.68 Å². The van der Waals surface area contributed by atoms with Crippen LogP contribution in [0.25, 0.3) is 5.69 Å². The molecule has 0 aliphatic carbocycles. The Bertz CT molecular complexity index is 1340. The van der Waals surface area contributed by atoms with Crippen LogP contribution in [0, 0.1) is 6.92 Å². The first-order valence-corrected chi connectivity index (χ1v) is 12.1. The number of aromatic nitrogens is 2. The average Bonchev–Trinajstić information content (AvgIpc) is 3.53. The van der Waals surface area contributed by atoms with E-state index in [-0.39, 0.29) is 36.9 Å². The first-order valence-electron chi connectivity index (χ1n) is 12.1. The minimum atomic E-state index is -0.352. The molecule has 2 aromatic carbocycles. The Morgan fingerprint density at radius 1 is 1.03 bits per heavy atom. The van der Waals surface area contributed by atoms with Crippen molar-refractivity contribution in [2.75, 3.05) is 18.5 Å². The predicted molar refractivity (Wildman–Crippen MR) is 142 cm³/mol. The van der Waals surface area contributed by atoms with Crippen LogP contribution < -0.4 is 10.1 Å². The second-order valence-electron chi connectivity index (χ2n) is 9.84. The summed E-state index contributed by atoms with van der Waals surface area (Å²) >= 11 is 0. The summed E-state index contributed by atoms with van der Waals surface area (Å²) in [7, 11) is 0. The molecule has 0 fully saturated rings. The molecule has 2 heterocycles. The van der Waals surface area contributed by atoms with Crippen LogP contribution in [0.5, 0.6) is 5.75 Å². The highest BCUT2D eigenvalue weighted by Gasteiger charge is 2.24. The summed E-state index contributed by atoms with van der Waals surface area (Å²) in [5.41, 5.74) is 2.51. The van der Waals surface area contributed by atoms with Gasteiger partial charge < -0.3 is 19.4 Å². The fraction of sp³-hybridized carbons (Fsp3) is 0.276. The van der Waals surface area contributed by atoms with Crippen molar-refractivity contribution in [2.24, 2.45) is 0 Å². The molecule has 2 amide bonds. The molecule has 0 spiro atoms. The van der Waals surface area contributed by atoms with Crippen LogP contribution >= 0.6 is 0 Å². The summed E-state index contributed by atoms with van der Waals surface area (Å²) in [5, 5.41) is 7.75. The smallest absolute Gasteiger partial charge is 0.261 e. The van der Waals surface area contributed by atoms with E-state index >= 15 is 0 Å². The van der Waals surface area contributed by atoms with Crippen molar-refractivity contribution in [2.45, 2.75) is 39.7 Å². The van der Waals surface area contributed by atoms with E-state index in [2.05, 4.69) is 26.1 Å². The number of nitrogens with one attached hydrogen (secondary N) is 1. The topological polar surface area (TPSA) is 89.6 Å². The monoisotopic (exact) mass is 500 g/mol. The minimum Gasteiger partial charge on any atom is -0.484 e. The SMILES string of the molecule is Cc1ccccc1-n1nc(C(C)(C)C)cc1NC(=O)CN(Cc1ccco1)C(=O)COc1ccccc1. The van der Waals surface area contributed by atoms with Crippen molar-refractivity contribution in [1.29, 1.82) is 0 Å². The second-order valence-corrected chi connectivity index (χ2v) is 9.84. The zero-order chi connectivity index (χ0) is 26.4. The lowest BCUT2D eigenvalue weighted by atomic mass is 9.92. The van der Waals surface area contributed by atoms with Gasteiger partial charge in [-0.15, -0.1) is 0 Å². The summed E-state index contributed by atoms with van der Waals surface area (Å²) in [6.45, 7) is 7.96. The van der Waals surface area contributed by atoms with Crippen LogP contribution in [0.3, 0.4) is 0 Å². The number of nitrogens with zero attached hydrogens (tertiary/aromatic N) is 3. The summed E-state index contributed by atoms with van der Waals surface area (Å²) in [5.74, 6) is 0.999. The lowest BCUT2D eigenvalue weighted by molar-refractivity contribution is -0.137. The van der Waals surface area contributed by atoms with E-state index < -0.39 is 0 Å². The van der Waals surface area contributed by atoms with Gasteiger partial charge in [-0.2, -0.15) is 5.10 Å². The van der Waals surface area contributed by atoms with Gasteiger partial charge in [0, 0.05) is 11.5 Å². The van der Waals surface area contributed by atoms with E-state index in [1.807, 2.05) is 55.5 Å². The molecule has 2 aromatic heterocycles. The molecular formula is C29H32N4O4. The van der Waals surface area contributed by atoms with Crippen molar-refractivity contribution < 1.29 is 18.7 Å². The standard InChI is InChI=1S/C29H32N4O4/c1-21-11-8-9-15-24(21)33-26(17-25(31-33)29(2,3)4)30-27(34)19-32(18-23-14-10-16-36-23)28(35)20-37-22-12-6-5-7-13-22/h5-17H,18-20H2,1-4H3,(H,30,34). The zero-order valence-corrected chi connectivity index (χ0v) is 21.6. The summed E-state index contributed by atoms with van der Waals surface area (Å²) in [6.07, 6.45) is 1.54. The van der Waals surface area contributed by atoms with Gasteiger partial charge in [-0.1, -0.05) is 57.2 Å². The van der Waals surface area contributed by atoms with Gasteiger partial charge in [-0.05, 0) is 42.8 Å². The van der Waals surface area contributed by atoms with Gasteiger partial charge in [0.05, 0.1) is 24.2 Å². The highest BCUT2D eigenvalue weighted by Crippen LogP contribution is 2.27. The Morgan fingerprint density at radius 3 is 2.43 bits per heavy atom. The summed E-state index contributed by atoms with van der Waals surface area (Å²) < 4.78 is 12.8. The van der Waals surface area contributed by atoms with E-state index in [4.69, 9.17) is 14.3 Å². The molecule has 8 nitrogen and oxygen atoms in total. The predicted octanol–water partition coefficient (Wildman–Crippen LogP) is 5.12. The number of rotatable bonds is 9. The highest BCUT2D eigenvalue weighted by molar-refractivity contribution is 5.94. The van der Waals surface area contributed by atoms with Crippen LogP contribution in [-0.2, 0) is 21.5 Å². The maximum Gasteiger partial charge on any atom is 0.261 e. The first-order chi connectivity index (χ1) is 17.7. The normalized spacial score (nSPS) is 11.2. The molecule has 4 aromatic rings. The molecular weight excluding hydrogens is 468 g/mol. The Balaban J connectivity index is 1.54. The first kappa shape index (κ1) is 25.8. The van der Waals surface area contributed by atoms with Gasteiger partial charge >= 0.3 is 0 Å². The van der Waals surface area contributed by atoms with Crippen LogP contribution in [0.1, 0.15) is 37.8 Å². The fourth-order valence-electron chi connectivity index (χ4n) is 3.75. The molecule has 192 valence electrons. The fourth-order valence-corrected chi connectivity index (χ4v) is 3.75. The van der Waals surface area contributed by atoms with E-state index in [1.54, 1.807) is 28.9 Å². The second kappa shape index (κ2) is 11.2. The average molecular weight is 501 g/mol. The van der Waals surface area contributed by atoms with Crippen molar-refractivity contribution in [1.82, 2.24) is 14.7 Å². The van der Waals surface area contributed by atoms with Crippen molar-refractivity contribution in [3.63, 3.8) is 0 Å². The lowest BCUT2D eigenvalue weighted by Gasteiger charge is -2.21. The molecule has 0 saturated carbocycles. The molecule has 1 N–H and O–H groups in total. The van der Waals surface area contributed by atoms with Gasteiger partial charge in [0.1, 0.15) is 23.9 Å². The summed E-state index contributed by atoms with van der Waals surface area (Å²) in [6, 6.07) is 22.3. The number of ether oxygens (including phenoxy) is 1. The Labute approximate surface area is 216 Å². The van der Waals surface area contributed by atoms with Crippen molar-refractivity contribution in [3.05, 3.63) is 96.1 Å². The van der Waals surface area contributed by atoms with Crippen LogP contribution in [-0.4, -0.2) is 39.6 Å². The zero-order valence-electron chi connectivity index (χ0n) is 21.6. The molecule has 0 atom stereocenters. The third kappa shape index (κ3) is 6.67. The maximum atomic E-state index is 13.2. The molecule has 37 heavy (non-hydrogen) atoms. The number of amides is 2. The Hall–Kier alpha value is -4.33. The lowest BCUT2D eigenvalue weighted by Crippen LogP contribution is -2.40. The van der Waals surface area contributed by atoms with Gasteiger partial charge in [-0.3, -0.25) is 9.59 Å². The van der Waals surface area contributed by atoms with Gasteiger partial charge in [0.15, 0.2) is 6.61 Å². The van der Waals surface area contributed by atoms with Crippen LogP contribution in [0.15, 0.2) is 83.5 Å². The number of aryl methyl sites for hydroxylation is 1. The molecule has 0 unspecified atom stereocenters. The Morgan fingerprint density at radius 2 is 1.76 bits per heavy atom. The number of benzene rings is 2. The molecule has 4 rings (SSSR count). The number of carbonyl (C=O) groups excluding carboxylic acids is 2. The summed E-state index contributed by atoms with van der Waals surface area (Å²) in [4.78, 5) is 27.7. The van der Waals surface area contributed by atoms with Crippen molar-refractivity contribution >= 4 is 17.6 Å². The molecule has 0 bridgehead atoms. The maximum absolute atomic E-state index is 13.2. The number of carbonyl (C=O) groups is 2. The quantitative estimate of drug-likeness (QED) is 0.345. The van der Waals surface area contributed by atoms with Crippen molar-refractivity contribution in [3.8, 4) is 11.4 Å². The molecule has 0 aliphatic heterocycles. The van der Waals surface area contributed by atoms with E-state index in [1.165, 1.54) is 11.2 Å². The van der Waals surface area contributed by atoms with Crippen LogP contribution in [0.4, 0.5) is 5.82 Å². The molecule has 0 saturated heterocycles. The largest absolute Gasteiger partial charge is 0.484 e. The third-order valence-electron chi connectivity index (χ3n) is 5.81. The molecule has 0 aliphatic rings. The molecule has 8 heteroatoms. The number of para-hydroxylation sites is 2. The van der Waals surface area contributed by atoms with E-state index in [0.717, 1.165) is 16.9 Å². The highest BCUT2D eigenvalue weighted by atomic mass is 16.5. The third-order valence-corrected chi connectivity index (χ3v) is 5.81. The van der Waals surface area contributed by atoms with Gasteiger partial charge in [0.25, 0.3) is 5.91 Å². The number of hydrogen-bond donors (Lipinski definition) is 1. The number of anilines is 1. The Kier molecular flexibility index (Phi) is 7.77. The number of furan rings is 1. The molecule has 0 radical (unpaired) electrons. The number of hydrogen-bond acceptors (Lipinski definition) is 5. The van der Waals surface area contributed by atoms with Gasteiger partial charge in [0.2, 0.25) is 5.91 Å². The van der Waals surface area contributed by atoms with E-state index in [9.17, 15) is 9.59 Å².